The van der Waals surface area contributed by atoms with Gasteiger partial charge in [-0.15, -0.1) is 0 Å². The van der Waals surface area contributed by atoms with Crippen molar-refractivity contribution in [2.24, 2.45) is 0 Å². The van der Waals surface area contributed by atoms with Gasteiger partial charge in [-0.2, -0.15) is 0 Å². The van der Waals surface area contributed by atoms with Crippen LogP contribution in [0, 0.1) is 6.92 Å². The zero-order valence-corrected chi connectivity index (χ0v) is 17.8. The van der Waals surface area contributed by atoms with Gasteiger partial charge in [-0.3, -0.25) is 20.4 Å². The van der Waals surface area contributed by atoms with E-state index >= 15 is 0 Å². The maximum Gasteiger partial charge on any atom is 0.276 e. The quantitative estimate of drug-likeness (QED) is 0.447. The number of halogens is 3. The zero-order valence-electron chi connectivity index (χ0n) is 15.6. The Morgan fingerprint density at radius 3 is 2.52 bits per heavy atom. The number of imidazole rings is 1. The summed E-state index contributed by atoms with van der Waals surface area (Å²) in [6.45, 7) is 4.34. The molecule has 152 valence electrons. The van der Waals surface area contributed by atoms with Crippen molar-refractivity contribution in [3.05, 3.63) is 56.8 Å². The van der Waals surface area contributed by atoms with Gasteiger partial charge in [-0.1, -0.05) is 34.8 Å². The Hall–Kier alpha value is -2.48. The first kappa shape index (κ1) is 21.2. The summed E-state index contributed by atoms with van der Waals surface area (Å²) < 4.78 is 7.35. The number of benzene rings is 2. The lowest BCUT2D eigenvalue weighted by Gasteiger charge is -2.10. The van der Waals surface area contributed by atoms with Gasteiger partial charge in [0.05, 0.1) is 26.1 Å². The van der Waals surface area contributed by atoms with Crippen LogP contribution >= 0.6 is 34.8 Å². The molecule has 3 aromatic rings. The van der Waals surface area contributed by atoms with Crippen molar-refractivity contribution >= 4 is 57.7 Å². The molecule has 29 heavy (non-hydrogen) atoms. The molecule has 7 nitrogen and oxygen atoms in total. The number of rotatable bonds is 5. The molecule has 10 heteroatoms. The van der Waals surface area contributed by atoms with Crippen molar-refractivity contribution in [1.29, 1.82) is 0 Å². The molecule has 1 aromatic heterocycles. The minimum Gasteiger partial charge on any atom is -0.482 e. The fourth-order valence-electron chi connectivity index (χ4n) is 2.78. The van der Waals surface area contributed by atoms with Crippen LogP contribution in [0.4, 0.5) is 0 Å². The first-order valence-corrected chi connectivity index (χ1v) is 9.77. The second-order valence-corrected chi connectivity index (χ2v) is 7.32. The van der Waals surface area contributed by atoms with Crippen molar-refractivity contribution in [2.45, 2.75) is 20.4 Å². The molecule has 0 aliphatic rings. The summed E-state index contributed by atoms with van der Waals surface area (Å²) >= 11 is 17.7. The number of amides is 2. The van der Waals surface area contributed by atoms with E-state index in [2.05, 4.69) is 15.8 Å². The molecule has 0 aliphatic heterocycles. The van der Waals surface area contributed by atoms with Crippen molar-refractivity contribution in [3.63, 3.8) is 0 Å². The monoisotopic (exact) mass is 454 g/mol. The van der Waals surface area contributed by atoms with E-state index in [9.17, 15) is 9.59 Å². The number of fused-ring (bicyclic) bond motifs is 1. The van der Waals surface area contributed by atoms with Crippen LogP contribution in [0.1, 0.15) is 23.1 Å². The normalized spacial score (nSPS) is 10.8. The van der Waals surface area contributed by atoms with Crippen LogP contribution in [-0.4, -0.2) is 28.0 Å². The van der Waals surface area contributed by atoms with E-state index in [1.165, 1.54) is 12.1 Å². The maximum atomic E-state index is 12.3. The van der Waals surface area contributed by atoms with E-state index < -0.39 is 11.8 Å². The van der Waals surface area contributed by atoms with Gasteiger partial charge in [0.25, 0.3) is 11.8 Å². The van der Waals surface area contributed by atoms with Gasteiger partial charge < -0.3 is 9.30 Å². The van der Waals surface area contributed by atoms with Crippen LogP contribution in [0.25, 0.3) is 11.0 Å². The lowest BCUT2D eigenvalue weighted by Crippen LogP contribution is -2.43. The fourth-order valence-corrected chi connectivity index (χ4v) is 3.37. The van der Waals surface area contributed by atoms with E-state index in [1.54, 1.807) is 12.1 Å². The summed E-state index contributed by atoms with van der Waals surface area (Å²) in [5, 5.41) is 0.735. The Morgan fingerprint density at radius 1 is 1.07 bits per heavy atom. The van der Waals surface area contributed by atoms with Crippen LogP contribution in [0.15, 0.2) is 30.3 Å². The summed E-state index contributed by atoms with van der Waals surface area (Å²) in [6.07, 6.45) is 0. The zero-order chi connectivity index (χ0) is 21.1. The summed E-state index contributed by atoms with van der Waals surface area (Å²) in [6, 6.07) is 7.99. The largest absolute Gasteiger partial charge is 0.482 e. The van der Waals surface area contributed by atoms with E-state index in [0.29, 0.717) is 11.1 Å². The third kappa shape index (κ3) is 4.75. The minimum atomic E-state index is -0.576. The second kappa shape index (κ2) is 8.90. The number of hydrogen-bond donors (Lipinski definition) is 2. The molecule has 2 aromatic carbocycles. The van der Waals surface area contributed by atoms with Gasteiger partial charge in [0.15, 0.2) is 6.61 Å². The number of aromatic nitrogens is 2. The van der Waals surface area contributed by atoms with Gasteiger partial charge in [0.2, 0.25) is 0 Å². The standard InChI is InChI=1S/C19H17Cl3N4O3/c1-3-26-10(2)23-15-6-11(4-5-16(15)26)19(28)25-24-18(27)9-29-17-8-13(21)12(20)7-14(17)22/h4-8H,3,9H2,1-2H3,(H,24,27)(H,25,28). The second-order valence-electron chi connectivity index (χ2n) is 6.09. The summed E-state index contributed by atoms with van der Waals surface area (Å²) in [4.78, 5) is 28.7. The summed E-state index contributed by atoms with van der Waals surface area (Å²) in [5.41, 5.74) is 6.64. The molecular formula is C19H17Cl3N4O3. The molecule has 2 amide bonds. The van der Waals surface area contributed by atoms with Gasteiger partial charge in [-0.25, -0.2) is 4.98 Å². The summed E-state index contributed by atoms with van der Waals surface area (Å²) in [7, 11) is 0. The number of carbonyl (C=O) groups is 2. The number of carbonyl (C=O) groups excluding carboxylic acids is 2. The van der Waals surface area contributed by atoms with Crippen LogP contribution in [-0.2, 0) is 11.3 Å². The Labute approximate surface area is 181 Å². The van der Waals surface area contributed by atoms with E-state index in [1.807, 2.05) is 24.5 Å². The van der Waals surface area contributed by atoms with Gasteiger partial charge in [0, 0.05) is 18.2 Å². The molecule has 0 bridgehead atoms. The summed E-state index contributed by atoms with van der Waals surface area (Å²) in [5.74, 6) is 0.0190. The molecule has 0 fully saturated rings. The van der Waals surface area contributed by atoms with E-state index in [4.69, 9.17) is 39.5 Å². The van der Waals surface area contributed by atoms with Crippen molar-refractivity contribution in [3.8, 4) is 5.75 Å². The molecule has 0 unspecified atom stereocenters. The average Bonchev–Trinajstić information content (AvgIpc) is 3.01. The number of hydrogen-bond acceptors (Lipinski definition) is 4. The predicted molar refractivity (Wildman–Crippen MR) is 113 cm³/mol. The molecule has 0 spiro atoms. The smallest absolute Gasteiger partial charge is 0.276 e. The van der Waals surface area contributed by atoms with Crippen LogP contribution < -0.4 is 15.6 Å². The first-order valence-electron chi connectivity index (χ1n) is 8.63. The van der Waals surface area contributed by atoms with E-state index in [0.717, 1.165) is 17.9 Å². The highest BCUT2D eigenvalue weighted by Crippen LogP contribution is 2.33. The molecular weight excluding hydrogens is 439 g/mol. The topological polar surface area (TPSA) is 85.3 Å². The molecule has 0 saturated heterocycles. The molecule has 0 aliphatic carbocycles. The Bertz CT molecular complexity index is 1100. The third-order valence-electron chi connectivity index (χ3n) is 4.17. The highest BCUT2D eigenvalue weighted by molar-refractivity contribution is 6.43. The average molecular weight is 456 g/mol. The van der Waals surface area contributed by atoms with Gasteiger partial charge in [-0.05, 0) is 38.1 Å². The molecule has 0 atom stereocenters. The highest BCUT2D eigenvalue weighted by Gasteiger charge is 2.13. The van der Waals surface area contributed by atoms with Gasteiger partial charge >= 0.3 is 0 Å². The Kier molecular flexibility index (Phi) is 6.52. The molecule has 3 rings (SSSR count). The van der Waals surface area contributed by atoms with Crippen molar-refractivity contribution in [2.75, 3.05) is 6.61 Å². The lowest BCUT2D eigenvalue weighted by atomic mass is 10.2. The van der Waals surface area contributed by atoms with E-state index in [-0.39, 0.29) is 27.4 Å². The molecule has 0 radical (unpaired) electrons. The first-order chi connectivity index (χ1) is 13.8. The maximum absolute atomic E-state index is 12.3. The predicted octanol–water partition coefficient (Wildman–Crippen LogP) is 4.16. The van der Waals surface area contributed by atoms with Crippen molar-refractivity contribution in [1.82, 2.24) is 20.4 Å². The third-order valence-corrected chi connectivity index (χ3v) is 5.18. The number of ether oxygens (including phenoxy) is 1. The fraction of sp³-hybridized carbons (Fsp3) is 0.211. The molecule has 2 N–H and O–H groups in total. The minimum absolute atomic E-state index is 0.204. The Morgan fingerprint density at radius 2 is 1.79 bits per heavy atom. The van der Waals surface area contributed by atoms with Crippen molar-refractivity contribution < 1.29 is 14.3 Å². The number of hydrazine groups is 1. The van der Waals surface area contributed by atoms with Gasteiger partial charge in [0.1, 0.15) is 11.6 Å². The van der Waals surface area contributed by atoms with Crippen LogP contribution in [0.3, 0.4) is 0 Å². The van der Waals surface area contributed by atoms with Crippen LogP contribution in [0.5, 0.6) is 5.75 Å². The highest BCUT2D eigenvalue weighted by atomic mass is 35.5. The lowest BCUT2D eigenvalue weighted by molar-refractivity contribution is -0.123. The molecule has 1 heterocycles. The number of nitrogens with one attached hydrogen (secondary N) is 2. The Balaban J connectivity index is 1.58. The number of aryl methyl sites for hydroxylation is 2. The molecule has 0 saturated carbocycles. The number of nitrogens with zero attached hydrogens (tertiary/aromatic N) is 2. The SMILES string of the molecule is CCn1c(C)nc2cc(C(=O)NNC(=O)COc3cc(Cl)c(Cl)cc3Cl)ccc21. The van der Waals surface area contributed by atoms with Crippen LogP contribution in [0.2, 0.25) is 15.1 Å².